The molecule has 6 nitrogen and oxygen atoms in total. The van der Waals surface area contributed by atoms with Crippen molar-refractivity contribution >= 4 is 21.8 Å². The van der Waals surface area contributed by atoms with E-state index in [1.807, 2.05) is 0 Å². The molecule has 3 aromatic rings. The van der Waals surface area contributed by atoms with Crippen molar-refractivity contribution in [2.24, 2.45) is 5.92 Å². The zero-order valence-corrected chi connectivity index (χ0v) is 19.3. The monoisotopic (exact) mass is 496 g/mol. The SMILES string of the molecule is O=S(=O)(NCc1nnc(SCC2CCCCC2)n1-c1ccc(F)cc1)c1ccc(F)c(F)c1. The van der Waals surface area contributed by atoms with Gasteiger partial charge in [0.15, 0.2) is 22.6 Å². The van der Waals surface area contributed by atoms with Gasteiger partial charge in [-0.2, -0.15) is 0 Å². The Kier molecular flexibility index (Phi) is 7.40. The zero-order valence-electron chi connectivity index (χ0n) is 17.7. The quantitative estimate of drug-likeness (QED) is 0.452. The number of halogens is 3. The smallest absolute Gasteiger partial charge is 0.241 e. The molecule has 0 aliphatic heterocycles. The fraction of sp³-hybridized carbons (Fsp3) is 0.364. The van der Waals surface area contributed by atoms with Crippen LogP contribution in [0.25, 0.3) is 5.69 Å². The van der Waals surface area contributed by atoms with Crippen LogP contribution in [-0.4, -0.2) is 28.9 Å². The molecule has 0 atom stereocenters. The first-order chi connectivity index (χ1) is 15.8. The third-order valence-corrected chi connectivity index (χ3v) is 8.14. The molecule has 33 heavy (non-hydrogen) atoms. The molecule has 1 N–H and O–H groups in total. The summed E-state index contributed by atoms with van der Waals surface area (Å²) < 4.78 is 69.4. The number of hydrogen-bond donors (Lipinski definition) is 1. The lowest BCUT2D eigenvalue weighted by atomic mass is 9.91. The molecule has 0 spiro atoms. The number of thioether (sulfide) groups is 1. The lowest BCUT2D eigenvalue weighted by Gasteiger charge is -2.20. The summed E-state index contributed by atoms with van der Waals surface area (Å²) in [5, 5.41) is 8.96. The molecule has 1 heterocycles. The van der Waals surface area contributed by atoms with Gasteiger partial charge in [0.2, 0.25) is 10.0 Å². The molecule has 1 saturated carbocycles. The van der Waals surface area contributed by atoms with E-state index >= 15 is 0 Å². The Morgan fingerprint density at radius 3 is 2.39 bits per heavy atom. The molecule has 0 amide bonds. The normalized spacial score (nSPS) is 15.1. The molecular formula is C22H23F3N4O2S2. The highest BCUT2D eigenvalue weighted by atomic mass is 32.2. The minimum atomic E-state index is -4.13. The van der Waals surface area contributed by atoms with E-state index in [1.165, 1.54) is 56.0 Å². The summed E-state index contributed by atoms with van der Waals surface area (Å²) in [5.74, 6) is -1.06. The van der Waals surface area contributed by atoms with Crippen molar-refractivity contribution in [3.63, 3.8) is 0 Å². The van der Waals surface area contributed by atoms with Gasteiger partial charge in [0.05, 0.1) is 11.4 Å². The maximum absolute atomic E-state index is 13.5. The van der Waals surface area contributed by atoms with Gasteiger partial charge < -0.3 is 0 Å². The van der Waals surface area contributed by atoms with Crippen molar-refractivity contribution in [2.45, 2.75) is 48.7 Å². The third kappa shape index (κ3) is 5.77. The lowest BCUT2D eigenvalue weighted by molar-refractivity contribution is 0.390. The number of nitrogens with zero attached hydrogens (tertiary/aromatic N) is 3. The van der Waals surface area contributed by atoms with Gasteiger partial charge >= 0.3 is 0 Å². The maximum Gasteiger partial charge on any atom is 0.241 e. The van der Waals surface area contributed by atoms with Gasteiger partial charge in [0.25, 0.3) is 0 Å². The Balaban J connectivity index is 1.57. The van der Waals surface area contributed by atoms with Crippen LogP contribution >= 0.6 is 11.8 Å². The summed E-state index contributed by atoms with van der Waals surface area (Å²) >= 11 is 1.53. The Labute approximate surface area is 194 Å². The molecule has 1 fully saturated rings. The molecule has 2 aromatic carbocycles. The molecule has 0 unspecified atom stereocenters. The minimum absolute atomic E-state index is 0.240. The molecule has 11 heteroatoms. The van der Waals surface area contributed by atoms with Crippen LogP contribution in [0.15, 0.2) is 52.5 Å². The summed E-state index contributed by atoms with van der Waals surface area (Å²) in [4.78, 5) is -0.402. The van der Waals surface area contributed by atoms with E-state index < -0.39 is 32.4 Å². The average Bonchev–Trinajstić information content (AvgIpc) is 3.22. The van der Waals surface area contributed by atoms with Crippen molar-refractivity contribution in [1.29, 1.82) is 0 Å². The van der Waals surface area contributed by atoms with Crippen LogP contribution in [0.3, 0.4) is 0 Å². The first-order valence-electron chi connectivity index (χ1n) is 10.6. The van der Waals surface area contributed by atoms with E-state index in [-0.39, 0.29) is 6.54 Å². The van der Waals surface area contributed by atoms with Crippen LogP contribution in [0.5, 0.6) is 0 Å². The van der Waals surface area contributed by atoms with E-state index in [0.29, 0.717) is 28.7 Å². The predicted molar refractivity (Wildman–Crippen MR) is 119 cm³/mol. The van der Waals surface area contributed by atoms with Crippen LogP contribution in [0.2, 0.25) is 0 Å². The zero-order chi connectivity index (χ0) is 23.4. The molecule has 1 aliphatic carbocycles. The molecule has 0 saturated heterocycles. The first-order valence-corrected chi connectivity index (χ1v) is 13.1. The summed E-state index contributed by atoms with van der Waals surface area (Å²) in [6, 6.07) is 8.10. The van der Waals surface area contributed by atoms with Gasteiger partial charge in [-0.05, 0) is 61.2 Å². The number of nitrogens with one attached hydrogen (secondary N) is 1. The largest absolute Gasteiger partial charge is 0.273 e. The number of benzene rings is 2. The van der Waals surface area contributed by atoms with Gasteiger partial charge in [-0.1, -0.05) is 31.0 Å². The lowest BCUT2D eigenvalue weighted by Crippen LogP contribution is -2.25. The Hall–Kier alpha value is -2.37. The topological polar surface area (TPSA) is 76.9 Å². The number of rotatable bonds is 8. The highest BCUT2D eigenvalue weighted by Gasteiger charge is 2.21. The van der Waals surface area contributed by atoms with Crippen LogP contribution in [0, 0.1) is 23.4 Å². The van der Waals surface area contributed by atoms with E-state index in [0.717, 1.165) is 17.9 Å². The summed E-state index contributed by atoms with van der Waals surface area (Å²) in [6.07, 6.45) is 6.02. The molecule has 0 radical (unpaired) electrons. The van der Waals surface area contributed by atoms with E-state index in [2.05, 4.69) is 14.9 Å². The van der Waals surface area contributed by atoms with Gasteiger partial charge in [-0.15, -0.1) is 10.2 Å². The molecule has 4 rings (SSSR count). The van der Waals surface area contributed by atoms with Crippen LogP contribution in [0.4, 0.5) is 13.2 Å². The second-order valence-corrected chi connectivity index (χ2v) is 10.7. The second-order valence-electron chi connectivity index (χ2n) is 7.93. The first kappa shape index (κ1) is 23.8. The van der Waals surface area contributed by atoms with Crippen LogP contribution in [-0.2, 0) is 16.6 Å². The Morgan fingerprint density at radius 2 is 1.70 bits per heavy atom. The summed E-state index contributed by atoms with van der Waals surface area (Å²) in [5.41, 5.74) is 0.592. The standard InChI is InChI=1S/C22H23F3N4O2S2/c23-16-6-8-17(9-7-16)29-21(27-28-22(29)32-14-15-4-2-1-3-5-15)13-26-33(30,31)18-10-11-19(24)20(25)12-18/h6-12,15,26H,1-5,13-14H2. The van der Waals surface area contributed by atoms with Crippen molar-refractivity contribution < 1.29 is 21.6 Å². The number of sulfonamides is 1. The van der Waals surface area contributed by atoms with E-state index in [1.54, 1.807) is 16.7 Å². The molecule has 1 aromatic heterocycles. The van der Waals surface area contributed by atoms with Gasteiger partial charge in [-0.3, -0.25) is 4.57 Å². The van der Waals surface area contributed by atoms with Crippen LogP contribution < -0.4 is 4.72 Å². The highest BCUT2D eigenvalue weighted by Crippen LogP contribution is 2.31. The number of hydrogen-bond acceptors (Lipinski definition) is 5. The average molecular weight is 497 g/mol. The summed E-state index contributed by atoms with van der Waals surface area (Å²) in [6.45, 7) is -0.240. The fourth-order valence-electron chi connectivity index (χ4n) is 3.79. The van der Waals surface area contributed by atoms with Crippen LogP contribution in [0.1, 0.15) is 37.9 Å². The van der Waals surface area contributed by atoms with Gasteiger partial charge in [-0.25, -0.2) is 26.3 Å². The Bertz CT molecular complexity index is 1210. The van der Waals surface area contributed by atoms with Gasteiger partial charge in [0.1, 0.15) is 5.82 Å². The fourth-order valence-corrected chi connectivity index (χ4v) is 5.94. The number of aromatic nitrogens is 3. The predicted octanol–water partition coefficient (Wildman–Crippen LogP) is 4.84. The van der Waals surface area contributed by atoms with Gasteiger partial charge in [0, 0.05) is 11.4 Å². The summed E-state index contributed by atoms with van der Waals surface area (Å²) in [7, 11) is -4.13. The Morgan fingerprint density at radius 1 is 0.970 bits per heavy atom. The molecular weight excluding hydrogens is 473 g/mol. The third-order valence-electron chi connectivity index (χ3n) is 5.58. The molecule has 176 valence electrons. The second kappa shape index (κ2) is 10.3. The molecule has 1 aliphatic rings. The maximum atomic E-state index is 13.5. The molecule has 0 bridgehead atoms. The van der Waals surface area contributed by atoms with Crippen molar-refractivity contribution in [2.75, 3.05) is 5.75 Å². The van der Waals surface area contributed by atoms with Crippen molar-refractivity contribution in [3.8, 4) is 5.69 Å². The van der Waals surface area contributed by atoms with E-state index in [9.17, 15) is 21.6 Å². The van der Waals surface area contributed by atoms with Crippen molar-refractivity contribution in [3.05, 3.63) is 65.7 Å². The highest BCUT2D eigenvalue weighted by molar-refractivity contribution is 7.99. The minimum Gasteiger partial charge on any atom is -0.273 e. The van der Waals surface area contributed by atoms with Crippen molar-refractivity contribution in [1.82, 2.24) is 19.5 Å². The van der Waals surface area contributed by atoms with E-state index in [4.69, 9.17) is 0 Å².